The molecular weight excluding hydrogens is 454 g/mol. The number of carbonyl (C=O) groups is 3. The van der Waals surface area contributed by atoms with E-state index in [2.05, 4.69) is 5.32 Å². The number of rotatable bonds is 5. The van der Waals surface area contributed by atoms with Gasteiger partial charge >= 0.3 is 6.03 Å². The first-order chi connectivity index (χ1) is 16.2. The summed E-state index contributed by atoms with van der Waals surface area (Å²) in [5.74, 6) is -0.826. The van der Waals surface area contributed by atoms with E-state index in [-0.39, 0.29) is 30.0 Å². The van der Waals surface area contributed by atoms with Crippen LogP contribution in [0.15, 0.2) is 42.5 Å². The summed E-state index contributed by atoms with van der Waals surface area (Å²) in [5.41, 5.74) is -0.634. The Morgan fingerprint density at radius 2 is 1.76 bits per heavy atom. The van der Waals surface area contributed by atoms with Gasteiger partial charge in [-0.05, 0) is 48.6 Å². The van der Waals surface area contributed by atoms with E-state index in [0.29, 0.717) is 12.0 Å². The molecule has 2 atom stereocenters. The van der Waals surface area contributed by atoms with Crippen molar-refractivity contribution in [3.63, 3.8) is 0 Å². The first-order valence-electron chi connectivity index (χ1n) is 11.8. The molecule has 0 aromatic heterocycles. The monoisotopic (exact) mass is 483 g/mol. The zero-order chi connectivity index (χ0) is 24.1. The number of nitrogens with one attached hydrogen (secondary N) is 1. The zero-order valence-electron chi connectivity index (χ0n) is 19.2. The lowest BCUT2D eigenvalue weighted by Gasteiger charge is -2.35. The van der Waals surface area contributed by atoms with Crippen molar-refractivity contribution in [3.05, 3.63) is 48.0 Å². The topological polar surface area (TPSA) is 104 Å². The number of nitrogens with zero attached hydrogens (tertiary/aromatic N) is 2. The van der Waals surface area contributed by atoms with Crippen LogP contribution in [0.1, 0.15) is 44.6 Å². The highest BCUT2D eigenvalue weighted by molar-refractivity contribution is 7.91. The molecule has 0 unspecified atom stereocenters. The van der Waals surface area contributed by atoms with E-state index >= 15 is 0 Å². The molecule has 4 amide bonds. The second-order valence-electron chi connectivity index (χ2n) is 9.80. The van der Waals surface area contributed by atoms with E-state index in [0.717, 1.165) is 41.4 Å². The Morgan fingerprint density at radius 1 is 1.06 bits per heavy atom. The smallest absolute Gasteiger partial charge is 0.325 e. The van der Waals surface area contributed by atoms with Gasteiger partial charge in [0.1, 0.15) is 12.1 Å². The molecule has 2 aliphatic heterocycles. The molecule has 0 radical (unpaired) electrons. The normalized spacial score (nSPS) is 26.9. The number of hydrogen-bond donors (Lipinski definition) is 1. The zero-order valence-corrected chi connectivity index (χ0v) is 20.0. The molecule has 8 nitrogen and oxygen atoms in total. The Hall–Kier alpha value is -2.94. The summed E-state index contributed by atoms with van der Waals surface area (Å²) in [6.45, 7) is 1.26. The number of fused-ring (bicyclic) bond motifs is 1. The maximum Gasteiger partial charge on any atom is 0.325 e. The van der Waals surface area contributed by atoms with E-state index in [9.17, 15) is 22.8 Å². The number of imide groups is 1. The molecule has 1 saturated carbocycles. The summed E-state index contributed by atoms with van der Waals surface area (Å²) in [7, 11) is -3.18. The molecule has 3 aliphatic rings. The predicted octanol–water partition coefficient (Wildman–Crippen LogP) is 2.57. The van der Waals surface area contributed by atoms with E-state index in [1.54, 1.807) is 11.8 Å². The summed E-state index contributed by atoms with van der Waals surface area (Å²) >= 11 is 0. The summed E-state index contributed by atoms with van der Waals surface area (Å²) in [6, 6.07) is 12.3. The molecule has 9 heteroatoms. The van der Waals surface area contributed by atoms with E-state index in [1.807, 2.05) is 42.5 Å². The summed E-state index contributed by atoms with van der Waals surface area (Å²) in [6.07, 6.45) is 4.00. The molecule has 0 spiro atoms. The van der Waals surface area contributed by atoms with Gasteiger partial charge in [0.2, 0.25) is 5.91 Å². The predicted molar refractivity (Wildman–Crippen MR) is 128 cm³/mol. The Labute approximate surface area is 199 Å². The first-order valence-corrected chi connectivity index (χ1v) is 13.6. The molecule has 1 aliphatic carbocycles. The van der Waals surface area contributed by atoms with Crippen LogP contribution in [0, 0.1) is 0 Å². The van der Waals surface area contributed by atoms with Gasteiger partial charge in [-0.1, -0.05) is 49.2 Å². The van der Waals surface area contributed by atoms with Gasteiger partial charge in [0.15, 0.2) is 9.84 Å². The molecule has 34 heavy (non-hydrogen) atoms. The fourth-order valence-electron chi connectivity index (χ4n) is 5.64. The lowest BCUT2D eigenvalue weighted by molar-refractivity contribution is -0.141. The molecule has 0 bridgehead atoms. The van der Waals surface area contributed by atoms with E-state index in [1.165, 1.54) is 0 Å². The number of amides is 4. The summed E-state index contributed by atoms with van der Waals surface area (Å²) in [5, 5.41) is 4.76. The van der Waals surface area contributed by atoms with Crippen LogP contribution in [0.5, 0.6) is 0 Å². The van der Waals surface area contributed by atoms with Gasteiger partial charge in [-0.3, -0.25) is 14.5 Å². The summed E-state index contributed by atoms with van der Waals surface area (Å²) < 4.78 is 24.2. The summed E-state index contributed by atoms with van der Waals surface area (Å²) in [4.78, 5) is 42.4. The lowest BCUT2D eigenvalue weighted by atomic mass is 9.90. The minimum atomic E-state index is -3.18. The maximum absolute atomic E-state index is 13.5. The molecule has 2 saturated heterocycles. The highest BCUT2D eigenvalue weighted by Gasteiger charge is 2.50. The van der Waals surface area contributed by atoms with Crippen LogP contribution in [0.2, 0.25) is 0 Å². The van der Waals surface area contributed by atoms with Gasteiger partial charge in [0.05, 0.1) is 11.5 Å². The van der Waals surface area contributed by atoms with Crippen molar-refractivity contribution >= 4 is 38.5 Å². The number of hydrogen-bond acceptors (Lipinski definition) is 5. The fraction of sp³-hybridized carbons (Fsp3) is 0.480. The van der Waals surface area contributed by atoms with Gasteiger partial charge < -0.3 is 10.2 Å². The van der Waals surface area contributed by atoms with Crippen LogP contribution < -0.4 is 5.32 Å². The Bertz CT molecular complexity index is 1270. The largest absolute Gasteiger partial charge is 0.334 e. The van der Waals surface area contributed by atoms with E-state index in [4.69, 9.17) is 0 Å². The van der Waals surface area contributed by atoms with Crippen LogP contribution in [0.4, 0.5) is 4.79 Å². The molecule has 2 heterocycles. The standard InChI is InChI=1S/C25H29N3O5S/c1-25(19-11-10-17-6-2-3-7-18(17)14-19)23(30)27(24(31)26-25)15-22(29)28(20-8-4-5-9-20)21-12-13-34(32,33)16-21/h2-3,6-7,10-11,14,20-21H,4-5,8-9,12-13,15-16H2,1H3,(H,26,31)/t21-,25-/m1/s1. The molecule has 2 aromatic carbocycles. The van der Waals surface area contributed by atoms with Crippen LogP contribution in [0.3, 0.4) is 0 Å². The third kappa shape index (κ3) is 3.96. The Balaban J connectivity index is 1.39. The highest BCUT2D eigenvalue weighted by Crippen LogP contribution is 2.33. The van der Waals surface area contributed by atoms with Crippen LogP contribution in [0.25, 0.3) is 10.8 Å². The Kier molecular flexibility index (Phi) is 5.62. The van der Waals surface area contributed by atoms with Crippen LogP contribution >= 0.6 is 0 Å². The van der Waals surface area contributed by atoms with Gasteiger partial charge in [-0.25, -0.2) is 13.2 Å². The quantitative estimate of drug-likeness (QED) is 0.659. The minimum Gasteiger partial charge on any atom is -0.334 e. The van der Waals surface area contributed by atoms with Crippen molar-refractivity contribution in [1.29, 1.82) is 0 Å². The fourth-order valence-corrected chi connectivity index (χ4v) is 7.35. The van der Waals surface area contributed by atoms with Crippen molar-refractivity contribution < 1.29 is 22.8 Å². The Morgan fingerprint density at radius 3 is 2.44 bits per heavy atom. The molecular formula is C25H29N3O5S. The number of benzene rings is 2. The van der Waals surface area contributed by atoms with Crippen molar-refractivity contribution in [2.45, 2.75) is 56.7 Å². The number of urea groups is 1. The third-order valence-electron chi connectivity index (χ3n) is 7.50. The number of sulfone groups is 1. The second-order valence-corrected chi connectivity index (χ2v) is 12.0. The minimum absolute atomic E-state index is 0.0431. The third-order valence-corrected chi connectivity index (χ3v) is 9.25. The van der Waals surface area contributed by atoms with Gasteiger partial charge in [0.25, 0.3) is 5.91 Å². The van der Waals surface area contributed by atoms with Gasteiger partial charge in [-0.2, -0.15) is 0 Å². The van der Waals surface area contributed by atoms with Crippen molar-refractivity contribution in [2.75, 3.05) is 18.1 Å². The number of carbonyl (C=O) groups excluding carboxylic acids is 3. The molecule has 1 N–H and O–H groups in total. The van der Waals surface area contributed by atoms with Crippen molar-refractivity contribution in [1.82, 2.24) is 15.1 Å². The second kappa shape index (κ2) is 8.37. The van der Waals surface area contributed by atoms with Crippen molar-refractivity contribution in [2.24, 2.45) is 0 Å². The lowest BCUT2D eigenvalue weighted by Crippen LogP contribution is -2.51. The van der Waals surface area contributed by atoms with Gasteiger partial charge in [0, 0.05) is 12.1 Å². The molecule has 3 fully saturated rings. The molecule has 2 aromatic rings. The first kappa shape index (κ1) is 22.8. The van der Waals surface area contributed by atoms with Crippen LogP contribution in [-0.2, 0) is 25.0 Å². The maximum atomic E-state index is 13.5. The van der Waals surface area contributed by atoms with Crippen LogP contribution in [-0.4, -0.2) is 66.2 Å². The average molecular weight is 484 g/mol. The molecule has 180 valence electrons. The SMILES string of the molecule is C[C@]1(c2ccc3ccccc3c2)NC(=O)N(CC(=O)N(C2CCCC2)[C@@H]2CCS(=O)(=O)C2)C1=O. The molecule has 5 rings (SSSR count). The highest BCUT2D eigenvalue weighted by atomic mass is 32.2. The van der Waals surface area contributed by atoms with Gasteiger partial charge in [-0.15, -0.1) is 0 Å². The van der Waals surface area contributed by atoms with Crippen molar-refractivity contribution in [3.8, 4) is 0 Å². The van der Waals surface area contributed by atoms with E-state index < -0.39 is 33.4 Å². The average Bonchev–Trinajstić information content (AvgIpc) is 3.50.